The van der Waals surface area contributed by atoms with Crippen molar-refractivity contribution in [2.24, 2.45) is 10.8 Å². The molecule has 0 aromatic heterocycles. The monoisotopic (exact) mass is 232 g/mol. The summed E-state index contributed by atoms with van der Waals surface area (Å²) in [6.07, 6.45) is 2.29. The Kier molecular flexibility index (Phi) is 4.02. The van der Waals surface area contributed by atoms with Crippen LogP contribution in [0.1, 0.15) is 41.5 Å². The third-order valence-electron chi connectivity index (χ3n) is 1.90. The fourth-order valence-corrected chi connectivity index (χ4v) is 2.14. The van der Waals surface area contributed by atoms with E-state index >= 15 is 0 Å². The Morgan fingerprint density at radius 1 is 1.00 bits per heavy atom. The molecule has 0 rings (SSSR count). The van der Waals surface area contributed by atoms with E-state index in [4.69, 9.17) is 0 Å². The SMILES string of the molecule is CC(C)(C)C(=CCBr)C(C)(C)C. The van der Waals surface area contributed by atoms with Gasteiger partial charge in [0.1, 0.15) is 0 Å². The molecule has 0 spiro atoms. The van der Waals surface area contributed by atoms with Crippen LogP contribution in [0.25, 0.3) is 0 Å². The van der Waals surface area contributed by atoms with Crippen molar-refractivity contribution < 1.29 is 0 Å². The second kappa shape index (κ2) is 3.95. The number of alkyl halides is 1. The zero-order chi connectivity index (χ0) is 9.99. The van der Waals surface area contributed by atoms with Gasteiger partial charge >= 0.3 is 0 Å². The smallest absolute Gasteiger partial charge is 0.0215 e. The maximum absolute atomic E-state index is 3.46. The summed E-state index contributed by atoms with van der Waals surface area (Å²) < 4.78 is 0. The van der Waals surface area contributed by atoms with E-state index < -0.39 is 0 Å². The molecule has 0 atom stereocenters. The molecule has 1 heteroatoms. The standard InChI is InChI=1S/C11H21Br/c1-10(2,3)9(7-8-12)11(4,5)6/h7H,8H2,1-6H3. The number of hydrogen-bond donors (Lipinski definition) is 0. The summed E-state index contributed by atoms with van der Waals surface area (Å²) in [6.45, 7) is 13.6. The van der Waals surface area contributed by atoms with E-state index in [1.54, 1.807) is 0 Å². The van der Waals surface area contributed by atoms with E-state index in [1.807, 2.05) is 0 Å². The predicted octanol–water partition coefficient (Wildman–Crippen LogP) is 4.40. The van der Waals surface area contributed by atoms with Crippen LogP contribution in [0.3, 0.4) is 0 Å². The highest BCUT2D eigenvalue weighted by atomic mass is 79.9. The average molecular weight is 233 g/mol. The summed E-state index contributed by atoms with van der Waals surface area (Å²) in [4.78, 5) is 0. The summed E-state index contributed by atoms with van der Waals surface area (Å²) in [5.74, 6) is 0. The lowest BCUT2D eigenvalue weighted by atomic mass is 9.72. The van der Waals surface area contributed by atoms with Crippen LogP contribution in [-0.2, 0) is 0 Å². The van der Waals surface area contributed by atoms with Gasteiger partial charge in [0, 0.05) is 5.33 Å². The second-order valence-corrected chi connectivity index (χ2v) is 5.92. The third kappa shape index (κ3) is 3.75. The lowest BCUT2D eigenvalue weighted by molar-refractivity contribution is 0.361. The maximum atomic E-state index is 3.46. The summed E-state index contributed by atoms with van der Waals surface area (Å²) in [5, 5.41) is 0.955. The molecule has 0 radical (unpaired) electrons. The molecule has 0 aliphatic carbocycles. The topological polar surface area (TPSA) is 0 Å². The first kappa shape index (κ1) is 12.2. The van der Waals surface area contributed by atoms with Gasteiger partial charge in [-0.2, -0.15) is 0 Å². The van der Waals surface area contributed by atoms with Gasteiger partial charge in [0.2, 0.25) is 0 Å². The van der Waals surface area contributed by atoms with Crippen molar-refractivity contribution in [2.45, 2.75) is 41.5 Å². The van der Waals surface area contributed by atoms with Crippen molar-refractivity contribution >= 4 is 15.9 Å². The Morgan fingerprint density at radius 3 is 1.42 bits per heavy atom. The van der Waals surface area contributed by atoms with Crippen LogP contribution in [0.15, 0.2) is 11.6 Å². The quantitative estimate of drug-likeness (QED) is 0.465. The molecule has 0 N–H and O–H groups in total. The first-order valence-electron chi connectivity index (χ1n) is 4.46. The van der Waals surface area contributed by atoms with Crippen LogP contribution < -0.4 is 0 Å². The zero-order valence-corrected chi connectivity index (χ0v) is 10.7. The largest absolute Gasteiger partial charge is 0.0883 e. The van der Waals surface area contributed by atoms with Crippen molar-refractivity contribution in [3.05, 3.63) is 11.6 Å². The minimum absolute atomic E-state index is 0.284. The normalized spacial score (nSPS) is 12.9. The van der Waals surface area contributed by atoms with Gasteiger partial charge in [0.05, 0.1) is 0 Å². The zero-order valence-electron chi connectivity index (χ0n) is 9.16. The molecule has 0 saturated carbocycles. The van der Waals surface area contributed by atoms with Gasteiger partial charge in [-0.15, -0.1) is 0 Å². The molecule has 0 amide bonds. The summed E-state index contributed by atoms with van der Waals surface area (Å²) >= 11 is 3.46. The van der Waals surface area contributed by atoms with E-state index in [1.165, 1.54) is 5.57 Å². The highest BCUT2D eigenvalue weighted by Gasteiger charge is 2.26. The van der Waals surface area contributed by atoms with Crippen LogP contribution >= 0.6 is 15.9 Å². The Balaban J connectivity index is 4.83. The van der Waals surface area contributed by atoms with Crippen LogP contribution in [0.5, 0.6) is 0 Å². The van der Waals surface area contributed by atoms with Crippen LogP contribution in [0, 0.1) is 10.8 Å². The predicted molar refractivity (Wildman–Crippen MR) is 60.8 cm³/mol. The molecule has 0 nitrogen and oxygen atoms in total. The molecule has 72 valence electrons. The molecule has 12 heavy (non-hydrogen) atoms. The van der Waals surface area contributed by atoms with Crippen LogP contribution in [-0.4, -0.2) is 5.33 Å². The first-order valence-corrected chi connectivity index (χ1v) is 5.59. The van der Waals surface area contributed by atoms with Gasteiger partial charge in [0.25, 0.3) is 0 Å². The van der Waals surface area contributed by atoms with Gasteiger partial charge in [-0.05, 0) is 10.8 Å². The van der Waals surface area contributed by atoms with Crippen molar-refractivity contribution in [3.8, 4) is 0 Å². The Labute approximate surface area is 85.6 Å². The molecule has 0 bridgehead atoms. The molecule has 0 unspecified atom stereocenters. The Hall–Kier alpha value is 0.220. The molecule has 0 aliphatic heterocycles. The summed E-state index contributed by atoms with van der Waals surface area (Å²) in [5.41, 5.74) is 2.09. The maximum Gasteiger partial charge on any atom is 0.0215 e. The van der Waals surface area contributed by atoms with Gasteiger partial charge in [-0.25, -0.2) is 0 Å². The number of allylic oxidation sites excluding steroid dienone is 2. The number of hydrogen-bond acceptors (Lipinski definition) is 0. The first-order chi connectivity index (χ1) is 5.19. The molecule has 0 heterocycles. The average Bonchev–Trinajstić information content (AvgIpc) is 1.77. The lowest BCUT2D eigenvalue weighted by Crippen LogP contribution is -2.22. The summed E-state index contributed by atoms with van der Waals surface area (Å²) in [6, 6.07) is 0. The van der Waals surface area contributed by atoms with Crippen LogP contribution in [0.4, 0.5) is 0 Å². The van der Waals surface area contributed by atoms with Crippen molar-refractivity contribution in [1.29, 1.82) is 0 Å². The molecule has 0 fully saturated rings. The van der Waals surface area contributed by atoms with E-state index in [9.17, 15) is 0 Å². The number of halogens is 1. The highest BCUT2D eigenvalue weighted by Crippen LogP contribution is 2.38. The summed E-state index contributed by atoms with van der Waals surface area (Å²) in [7, 11) is 0. The highest BCUT2D eigenvalue weighted by molar-refractivity contribution is 9.09. The third-order valence-corrected chi connectivity index (χ3v) is 2.22. The van der Waals surface area contributed by atoms with Crippen molar-refractivity contribution in [3.63, 3.8) is 0 Å². The molecular formula is C11H21Br. The Morgan fingerprint density at radius 2 is 1.33 bits per heavy atom. The molecule has 0 aromatic carbocycles. The fraction of sp³-hybridized carbons (Fsp3) is 0.818. The van der Waals surface area contributed by atoms with Crippen molar-refractivity contribution in [1.82, 2.24) is 0 Å². The van der Waals surface area contributed by atoms with Crippen molar-refractivity contribution in [2.75, 3.05) is 5.33 Å². The van der Waals surface area contributed by atoms with E-state index in [0.717, 1.165) is 5.33 Å². The van der Waals surface area contributed by atoms with E-state index in [-0.39, 0.29) is 10.8 Å². The lowest BCUT2D eigenvalue weighted by Gasteiger charge is -2.34. The fourth-order valence-electron chi connectivity index (χ4n) is 1.81. The van der Waals surface area contributed by atoms with Gasteiger partial charge in [-0.1, -0.05) is 69.1 Å². The number of rotatable bonds is 1. The molecule has 0 aliphatic rings. The second-order valence-electron chi connectivity index (χ2n) is 5.27. The van der Waals surface area contributed by atoms with Gasteiger partial charge < -0.3 is 0 Å². The van der Waals surface area contributed by atoms with Crippen LogP contribution in [0.2, 0.25) is 0 Å². The molecule has 0 saturated heterocycles. The van der Waals surface area contributed by atoms with E-state index in [0.29, 0.717) is 0 Å². The van der Waals surface area contributed by atoms with E-state index in [2.05, 4.69) is 63.5 Å². The minimum atomic E-state index is 0.284. The van der Waals surface area contributed by atoms with Gasteiger partial charge in [-0.3, -0.25) is 0 Å². The molecular weight excluding hydrogens is 212 g/mol. The minimum Gasteiger partial charge on any atom is -0.0883 e. The van der Waals surface area contributed by atoms with Gasteiger partial charge in [0.15, 0.2) is 0 Å². The Bertz CT molecular complexity index is 148. The molecule has 0 aromatic rings.